The van der Waals surface area contributed by atoms with Gasteiger partial charge < -0.3 is 5.11 Å². The number of rotatable bonds is 3. The van der Waals surface area contributed by atoms with Crippen LogP contribution in [-0.4, -0.2) is 10.1 Å². The van der Waals surface area contributed by atoms with E-state index in [-0.39, 0.29) is 0 Å². The minimum Gasteiger partial charge on any atom is -0.388 e. The zero-order valence-corrected chi connectivity index (χ0v) is 11.8. The Labute approximate surface area is 115 Å². The second kappa shape index (κ2) is 5.60. The van der Waals surface area contributed by atoms with Crippen LogP contribution in [0.25, 0.3) is 0 Å². The van der Waals surface area contributed by atoms with Gasteiger partial charge in [-0.15, -0.1) is 0 Å². The van der Waals surface area contributed by atoms with Gasteiger partial charge in [-0.05, 0) is 58.3 Å². The van der Waals surface area contributed by atoms with Crippen molar-refractivity contribution in [3.8, 4) is 0 Å². The van der Waals surface area contributed by atoms with E-state index in [1.165, 1.54) is 5.56 Å². The molecule has 2 rings (SSSR count). The Morgan fingerprint density at radius 1 is 1.24 bits per heavy atom. The third-order valence-electron chi connectivity index (χ3n) is 2.76. The van der Waals surface area contributed by atoms with Crippen LogP contribution in [0.4, 0.5) is 0 Å². The Morgan fingerprint density at radius 3 is 2.65 bits per heavy atom. The van der Waals surface area contributed by atoms with Crippen molar-refractivity contribution in [2.45, 2.75) is 19.4 Å². The Morgan fingerprint density at radius 2 is 1.94 bits per heavy atom. The molecule has 0 bridgehead atoms. The number of aliphatic hydroxyl groups is 1. The fourth-order valence-corrected chi connectivity index (χ4v) is 2.50. The van der Waals surface area contributed by atoms with E-state index >= 15 is 0 Å². The van der Waals surface area contributed by atoms with E-state index < -0.39 is 6.10 Å². The predicted octanol–water partition coefficient (Wildman–Crippen LogP) is 3.27. The third kappa shape index (κ3) is 3.04. The molecule has 1 heterocycles. The second-order valence-electron chi connectivity index (χ2n) is 4.05. The lowest BCUT2D eigenvalue weighted by atomic mass is 10.0. The average Bonchev–Trinajstić information content (AvgIpc) is 2.34. The van der Waals surface area contributed by atoms with Crippen LogP contribution in [0.3, 0.4) is 0 Å². The molecule has 0 aliphatic carbocycles. The fourth-order valence-electron chi connectivity index (χ4n) is 1.78. The summed E-state index contributed by atoms with van der Waals surface area (Å²) in [6.45, 7) is 2.06. The highest BCUT2D eigenvalue weighted by Gasteiger charge is 2.12. The van der Waals surface area contributed by atoms with Crippen molar-refractivity contribution in [2.24, 2.45) is 0 Å². The zero-order chi connectivity index (χ0) is 12.3. The SMILES string of the molecule is Cc1cccc(C(O)Cc2ccncc2)c1I. The first-order valence-corrected chi connectivity index (χ1v) is 6.58. The van der Waals surface area contributed by atoms with Gasteiger partial charge in [-0.3, -0.25) is 4.98 Å². The van der Waals surface area contributed by atoms with Crippen molar-refractivity contribution in [3.05, 3.63) is 63.0 Å². The lowest BCUT2D eigenvalue weighted by Crippen LogP contribution is -2.04. The van der Waals surface area contributed by atoms with E-state index in [1.54, 1.807) is 12.4 Å². The highest BCUT2D eigenvalue weighted by molar-refractivity contribution is 14.1. The summed E-state index contributed by atoms with van der Waals surface area (Å²) >= 11 is 2.29. The first kappa shape index (κ1) is 12.5. The lowest BCUT2D eigenvalue weighted by Gasteiger charge is -2.14. The van der Waals surface area contributed by atoms with Crippen LogP contribution in [0.5, 0.6) is 0 Å². The van der Waals surface area contributed by atoms with Gasteiger partial charge in [0.1, 0.15) is 0 Å². The average molecular weight is 339 g/mol. The number of aryl methyl sites for hydroxylation is 1. The van der Waals surface area contributed by atoms with Gasteiger partial charge in [0.25, 0.3) is 0 Å². The predicted molar refractivity (Wildman–Crippen MR) is 76.8 cm³/mol. The molecule has 1 N–H and O–H groups in total. The monoisotopic (exact) mass is 339 g/mol. The lowest BCUT2D eigenvalue weighted by molar-refractivity contribution is 0.177. The van der Waals surface area contributed by atoms with Gasteiger partial charge in [0.05, 0.1) is 6.10 Å². The van der Waals surface area contributed by atoms with Gasteiger partial charge in [0.15, 0.2) is 0 Å². The molecule has 1 aromatic heterocycles. The molecule has 1 atom stereocenters. The Balaban J connectivity index is 2.20. The fraction of sp³-hybridized carbons (Fsp3) is 0.214. The van der Waals surface area contributed by atoms with Gasteiger partial charge in [0, 0.05) is 22.4 Å². The molecule has 0 saturated heterocycles. The van der Waals surface area contributed by atoms with Gasteiger partial charge in [0.2, 0.25) is 0 Å². The molecule has 3 heteroatoms. The highest BCUT2D eigenvalue weighted by atomic mass is 127. The van der Waals surface area contributed by atoms with Crippen molar-refractivity contribution in [1.29, 1.82) is 0 Å². The maximum Gasteiger partial charge on any atom is 0.0840 e. The summed E-state index contributed by atoms with van der Waals surface area (Å²) in [6, 6.07) is 9.91. The van der Waals surface area contributed by atoms with E-state index in [0.717, 1.165) is 14.7 Å². The first-order valence-electron chi connectivity index (χ1n) is 5.50. The van der Waals surface area contributed by atoms with Crippen molar-refractivity contribution in [3.63, 3.8) is 0 Å². The number of aliphatic hydroxyl groups excluding tert-OH is 1. The second-order valence-corrected chi connectivity index (χ2v) is 5.13. The first-order chi connectivity index (χ1) is 8.18. The van der Waals surface area contributed by atoms with Crippen molar-refractivity contribution >= 4 is 22.6 Å². The zero-order valence-electron chi connectivity index (χ0n) is 9.60. The molecule has 1 unspecified atom stereocenters. The maximum absolute atomic E-state index is 10.3. The maximum atomic E-state index is 10.3. The van der Waals surface area contributed by atoms with Gasteiger partial charge >= 0.3 is 0 Å². The molecular formula is C14H14INO. The smallest absolute Gasteiger partial charge is 0.0840 e. The summed E-state index contributed by atoms with van der Waals surface area (Å²) < 4.78 is 1.15. The van der Waals surface area contributed by atoms with E-state index in [1.807, 2.05) is 24.3 Å². The number of hydrogen-bond acceptors (Lipinski definition) is 2. The highest BCUT2D eigenvalue weighted by Crippen LogP contribution is 2.25. The Kier molecular flexibility index (Phi) is 4.12. The molecule has 0 spiro atoms. The molecule has 0 amide bonds. The summed E-state index contributed by atoms with van der Waals surface area (Å²) in [5.41, 5.74) is 3.31. The summed E-state index contributed by atoms with van der Waals surface area (Å²) in [5, 5.41) is 10.3. The minimum absolute atomic E-state index is 0.454. The third-order valence-corrected chi connectivity index (χ3v) is 4.23. The molecule has 1 aromatic carbocycles. The summed E-state index contributed by atoms with van der Waals surface area (Å²) in [7, 11) is 0. The van der Waals surface area contributed by atoms with Crippen molar-refractivity contribution in [2.75, 3.05) is 0 Å². The van der Waals surface area contributed by atoms with Gasteiger partial charge in [-0.2, -0.15) is 0 Å². The van der Waals surface area contributed by atoms with E-state index in [0.29, 0.717) is 6.42 Å². The van der Waals surface area contributed by atoms with Crippen LogP contribution < -0.4 is 0 Å². The quantitative estimate of drug-likeness (QED) is 0.871. The van der Waals surface area contributed by atoms with Crippen molar-refractivity contribution in [1.82, 2.24) is 4.98 Å². The van der Waals surface area contributed by atoms with Gasteiger partial charge in [-0.25, -0.2) is 0 Å². The summed E-state index contributed by atoms with van der Waals surface area (Å²) in [4.78, 5) is 3.97. The molecule has 88 valence electrons. The van der Waals surface area contributed by atoms with Crippen LogP contribution in [0.2, 0.25) is 0 Å². The summed E-state index contributed by atoms with van der Waals surface area (Å²) in [6.07, 6.45) is 3.68. The largest absolute Gasteiger partial charge is 0.388 e. The number of pyridine rings is 1. The standard InChI is InChI=1S/C14H14INO/c1-10-3-2-4-12(14(10)15)13(17)9-11-5-7-16-8-6-11/h2-8,13,17H,9H2,1H3. The van der Waals surface area contributed by atoms with Crippen LogP contribution in [0, 0.1) is 10.5 Å². The molecule has 0 aliphatic rings. The van der Waals surface area contributed by atoms with Crippen LogP contribution in [0.1, 0.15) is 22.8 Å². The molecular weight excluding hydrogens is 325 g/mol. The van der Waals surface area contributed by atoms with Crippen LogP contribution in [0.15, 0.2) is 42.7 Å². The van der Waals surface area contributed by atoms with Crippen molar-refractivity contribution < 1.29 is 5.11 Å². The minimum atomic E-state index is -0.454. The van der Waals surface area contributed by atoms with E-state index in [4.69, 9.17) is 0 Å². The molecule has 2 aromatic rings. The van der Waals surface area contributed by atoms with Crippen LogP contribution in [-0.2, 0) is 6.42 Å². The summed E-state index contributed by atoms with van der Waals surface area (Å²) in [5.74, 6) is 0. The van der Waals surface area contributed by atoms with Crippen LogP contribution >= 0.6 is 22.6 Å². The topological polar surface area (TPSA) is 33.1 Å². The number of nitrogens with zero attached hydrogens (tertiary/aromatic N) is 1. The number of hydrogen-bond donors (Lipinski definition) is 1. The molecule has 17 heavy (non-hydrogen) atoms. The van der Waals surface area contributed by atoms with Gasteiger partial charge in [-0.1, -0.05) is 18.2 Å². The molecule has 2 nitrogen and oxygen atoms in total. The molecule has 0 radical (unpaired) electrons. The molecule has 0 aliphatic heterocycles. The number of benzene rings is 1. The van der Waals surface area contributed by atoms with E-state index in [9.17, 15) is 5.11 Å². The Hall–Kier alpha value is -0.940. The number of aromatic nitrogens is 1. The Bertz CT molecular complexity index is 499. The number of halogens is 1. The normalized spacial score (nSPS) is 12.4. The molecule has 0 fully saturated rings. The van der Waals surface area contributed by atoms with E-state index in [2.05, 4.69) is 40.6 Å². The molecule has 0 saturated carbocycles.